The molecule has 0 atom stereocenters. The van der Waals surface area contributed by atoms with Gasteiger partial charge >= 0.3 is 0 Å². The maximum absolute atomic E-state index is 13.6. The van der Waals surface area contributed by atoms with Crippen molar-refractivity contribution in [1.82, 2.24) is 20.7 Å². The van der Waals surface area contributed by atoms with Gasteiger partial charge in [0.15, 0.2) is 14.6 Å². The van der Waals surface area contributed by atoms with E-state index in [1.165, 1.54) is 24.3 Å². The summed E-state index contributed by atoms with van der Waals surface area (Å²) in [5.41, 5.74) is 2.98. The summed E-state index contributed by atoms with van der Waals surface area (Å²) in [5, 5.41) is 13.0. The first-order valence-corrected chi connectivity index (χ1v) is 13.8. The zero-order valence-electron chi connectivity index (χ0n) is 21.1. The van der Waals surface area contributed by atoms with Crippen molar-refractivity contribution in [3.8, 4) is 5.75 Å². The summed E-state index contributed by atoms with van der Waals surface area (Å²) in [5.74, 6) is -0.747. The molecule has 3 aromatic rings. The molecular formula is C26H32N4O7S. The van der Waals surface area contributed by atoms with Crippen molar-refractivity contribution >= 4 is 32.6 Å². The second kappa shape index (κ2) is 11.9. The molecular weight excluding hydrogens is 512 g/mol. The molecule has 1 aliphatic heterocycles. The van der Waals surface area contributed by atoms with Crippen LogP contribution in [-0.2, 0) is 19.4 Å². The Balaban J connectivity index is 1.36. The number of carbonyl (C=O) groups is 2. The van der Waals surface area contributed by atoms with Gasteiger partial charge in [0.2, 0.25) is 0 Å². The van der Waals surface area contributed by atoms with E-state index >= 15 is 0 Å². The largest absolute Gasteiger partial charge is 0.492 e. The number of fused-ring (bicyclic) bond motifs is 1. The van der Waals surface area contributed by atoms with Crippen LogP contribution in [0.4, 0.5) is 0 Å². The Morgan fingerprint density at radius 3 is 2.47 bits per heavy atom. The quantitative estimate of drug-likeness (QED) is 0.162. The van der Waals surface area contributed by atoms with Gasteiger partial charge in [0.25, 0.3) is 11.8 Å². The Morgan fingerprint density at radius 1 is 1.08 bits per heavy atom. The number of methoxy groups -OCH3 is 1. The van der Waals surface area contributed by atoms with Gasteiger partial charge in [-0.15, -0.1) is 0 Å². The Hall–Kier alpha value is -3.45. The average Bonchev–Trinajstić information content (AvgIpc) is 3.38. The number of nitrogens with zero attached hydrogens (tertiary/aromatic N) is 1. The number of aromatic nitrogens is 1. The normalized spacial score (nSPS) is 15.7. The second-order valence-corrected chi connectivity index (χ2v) is 11.4. The van der Waals surface area contributed by atoms with E-state index in [0.29, 0.717) is 37.6 Å². The van der Waals surface area contributed by atoms with E-state index in [1.54, 1.807) is 18.8 Å². The lowest BCUT2D eigenvalue weighted by Crippen LogP contribution is -2.57. The summed E-state index contributed by atoms with van der Waals surface area (Å²) in [7, 11) is -2.53. The molecule has 12 heteroatoms. The van der Waals surface area contributed by atoms with Crippen molar-refractivity contribution in [3.05, 3.63) is 60.3 Å². The van der Waals surface area contributed by atoms with E-state index < -0.39 is 20.5 Å². The molecule has 2 amide bonds. The van der Waals surface area contributed by atoms with Crippen molar-refractivity contribution in [1.29, 1.82) is 0 Å². The third kappa shape index (κ3) is 5.53. The van der Waals surface area contributed by atoms with Gasteiger partial charge in [-0.05, 0) is 43.2 Å². The Bertz CT molecular complexity index is 1360. The molecule has 0 spiro atoms. The minimum atomic E-state index is -4.12. The maximum atomic E-state index is 13.6. The molecule has 2 aromatic carbocycles. The SMILES string of the molecule is COCCN1CCC(C(=O)NO)(S(=O)(=O)c2ccc(OCCNC(=O)c3c[nH]c4ccccc34)cc2)CC1. The highest BCUT2D eigenvalue weighted by Crippen LogP contribution is 2.36. The monoisotopic (exact) mass is 544 g/mol. The number of aromatic amines is 1. The average molecular weight is 545 g/mol. The molecule has 2 heterocycles. The van der Waals surface area contributed by atoms with Crippen LogP contribution in [0.25, 0.3) is 10.9 Å². The highest BCUT2D eigenvalue weighted by molar-refractivity contribution is 7.93. The molecule has 0 saturated carbocycles. The van der Waals surface area contributed by atoms with Crippen LogP contribution in [0.3, 0.4) is 0 Å². The number of benzene rings is 2. The second-order valence-electron chi connectivity index (χ2n) is 9.10. The fraction of sp³-hybridized carbons (Fsp3) is 0.385. The number of H-pyrrole nitrogens is 1. The van der Waals surface area contributed by atoms with E-state index in [9.17, 15) is 23.2 Å². The van der Waals surface area contributed by atoms with Crippen LogP contribution in [0.2, 0.25) is 0 Å². The summed E-state index contributed by atoms with van der Waals surface area (Å²) < 4.78 is 36.1. The predicted molar refractivity (Wildman–Crippen MR) is 140 cm³/mol. The number of ether oxygens (including phenoxy) is 2. The maximum Gasteiger partial charge on any atom is 0.265 e. The number of carbonyl (C=O) groups excluding carboxylic acids is 2. The smallest absolute Gasteiger partial charge is 0.265 e. The van der Waals surface area contributed by atoms with Crippen LogP contribution in [0.1, 0.15) is 23.2 Å². The summed E-state index contributed by atoms with van der Waals surface area (Å²) in [6.07, 6.45) is 1.74. The lowest BCUT2D eigenvalue weighted by Gasteiger charge is -2.39. The van der Waals surface area contributed by atoms with Crippen molar-refractivity contribution in [3.63, 3.8) is 0 Å². The molecule has 38 heavy (non-hydrogen) atoms. The summed E-state index contributed by atoms with van der Waals surface area (Å²) in [6.45, 7) is 2.30. The van der Waals surface area contributed by atoms with Gasteiger partial charge in [-0.25, -0.2) is 13.9 Å². The number of hydroxylamine groups is 1. The number of amides is 2. The first kappa shape index (κ1) is 27.6. The standard InChI is InChI=1S/C26H32N4O7S/c1-36-17-15-30-13-10-26(11-14-30,25(32)29-33)38(34,35)20-8-6-19(7-9-20)37-16-12-27-24(31)22-18-28-23-5-3-2-4-21(22)23/h2-9,18,28,33H,10-17H2,1H3,(H,27,31)(H,29,32). The minimum absolute atomic E-state index is 0.0357. The van der Waals surface area contributed by atoms with Gasteiger partial charge < -0.3 is 24.7 Å². The summed E-state index contributed by atoms with van der Waals surface area (Å²) in [6, 6.07) is 13.3. The lowest BCUT2D eigenvalue weighted by atomic mass is 9.95. The fourth-order valence-corrected chi connectivity index (χ4v) is 6.66. The van der Waals surface area contributed by atoms with Crippen LogP contribution in [0.15, 0.2) is 59.6 Å². The number of likely N-dealkylation sites (tertiary alicyclic amines) is 1. The van der Waals surface area contributed by atoms with Crippen molar-refractivity contribution in [2.24, 2.45) is 0 Å². The molecule has 11 nitrogen and oxygen atoms in total. The number of hydrogen-bond acceptors (Lipinski definition) is 8. The molecule has 0 unspecified atom stereocenters. The molecule has 1 saturated heterocycles. The number of hydrogen-bond donors (Lipinski definition) is 4. The third-order valence-corrected chi connectivity index (χ3v) is 9.44. The van der Waals surface area contributed by atoms with Crippen molar-refractivity contribution in [2.75, 3.05) is 46.5 Å². The van der Waals surface area contributed by atoms with Gasteiger partial charge in [0, 0.05) is 43.8 Å². The fourth-order valence-electron chi connectivity index (χ4n) is 4.71. The van der Waals surface area contributed by atoms with E-state index in [4.69, 9.17) is 9.47 Å². The Labute approximate surface area is 221 Å². The van der Waals surface area contributed by atoms with Gasteiger partial charge in [-0.2, -0.15) is 0 Å². The minimum Gasteiger partial charge on any atom is -0.492 e. The predicted octanol–water partition coefficient (Wildman–Crippen LogP) is 1.74. The molecule has 4 rings (SSSR count). The van der Waals surface area contributed by atoms with E-state index in [2.05, 4.69) is 10.3 Å². The first-order valence-electron chi connectivity index (χ1n) is 12.3. The molecule has 204 valence electrons. The Kier molecular flexibility index (Phi) is 8.67. The van der Waals surface area contributed by atoms with Crippen LogP contribution >= 0.6 is 0 Å². The molecule has 0 radical (unpaired) electrons. The molecule has 1 aliphatic rings. The molecule has 0 aliphatic carbocycles. The van der Waals surface area contributed by atoms with E-state index in [0.717, 1.165) is 10.9 Å². The first-order chi connectivity index (χ1) is 18.3. The molecule has 1 aromatic heterocycles. The zero-order chi connectivity index (χ0) is 27.2. The van der Waals surface area contributed by atoms with Crippen molar-refractivity contribution < 1.29 is 32.7 Å². The van der Waals surface area contributed by atoms with Crippen molar-refractivity contribution in [2.45, 2.75) is 22.5 Å². The number of para-hydroxylation sites is 1. The van der Waals surface area contributed by atoms with Gasteiger partial charge in [-0.1, -0.05) is 18.2 Å². The molecule has 0 bridgehead atoms. The topological polar surface area (TPSA) is 150 Å². The highest BCUT2D eigenvalue weighted by Gasteiger charge is 2.52. The zero-order valence-corrected chi connectivity index (χ0v) is 21.9. The van der Waals surface area contributed by atoms with Gasteiger partial charge in [-0.3, -0.25) is 14.8 Å². The summed E-state index contributed by atoms with van der Waals surface area (Å²) in [4.78, 5) is 30.2. The highest BCUT2D eigenvalue weighted by atomic mass is 32.2. The third-order valence-electron chi connectivity index (χ3n) is 6.93. The van der Waals surface area contributed by atoms with Crippen LogP contribution < -0.4 is 15.5 Å². The number of piperidine rings is 1. The number of sulfone groups is 1. The summed E-state index contributed by atoms with van der Waals surface area (Å²) >= 11 is 0. The Morgan fingerprint density at radius 2 is 1.79 bits per heavy atom. The molecule has 4 N–H and O–H groups in total. The number of rotatable bonds is 11. The van der Waals surface area contributed by atoms with E-state index in [-0.39, 0.29) is 36.8 Å². The van der Waals surface area contributed by atoms with Crippen LogP contribution in [0.5, 0.6) is 5.75 Å². The molecule has 1 fully saturated rings. The lowest BCUT2D eigenvalue weighted by molar-refractivity contribution is -0.133. The van der Waals surface area contributed by atoms with Gasteiger partial charge in [0.1, 0.15) is 12.4 Å². The van der Waals surface area contributed by atoms with E-state index in [1.807, 2.05) is 29.2 Å². The van der Waals surface area contributed by atoms with Crippen LogP contribution in [0, 0.1) is 0 Å². The van der Waals surface area contributed by atoms with Crippen LogP contribution in [-0.4, -0.2) is 86.6 Å². The van der Waals surface area contributed by atoms with Gasteiger partial charge in [0.05, 0.1) is 23.6 Å². The number of nitrogens with one attached hydrogen (secondary N) is 3.